The van der Waals surface area contributed by atoms with Crippen LogP contribution in [0.1, 0.15) is 97.8 Å². The number of carboxylic acid groups (broad SMARTS) is 4. The maximum atomic E-state index is 10.9. The standard InChI is InChI=1S/C16H20O3.C15H14O2.C14H12O2.C13H9ClO2/c1-15(2)9-13(10-16(3,4)19-15)11-5-7-12(8-6-11)14(17)18;1-10-4-3-5-12(8-10)14-7-6-13(15(16)17)9-11(14)2;1-10-9-12(14(15)16)7-8-13(10)11-5-3-2-4-6-11;14-12-8-10(6-7-11(12)13(15)16)9-4-2-1-3-5-9/h5-9H,10H2,1-4H3,(H,17,18);3-9H,1-2H3,(H,16,17);2-9H,1H3,(H,15,16);1-8H,(H,15,16). The highest BCUT2D eigenvalue weighted by Gasteiger charge is 2.34. The van der Waals surface area contributed by atoms with E-state index in [9.17, 15) is 19.2 Å². The van der Waals surface area contributed by atoms with Crippen molar-refractivity contribution in [3.8, 4) is 33.4 Å². The van der Waals surface area contributed by atoms with Gasteiger partial charge in [0.2, 0.25) is 0 Å². The molecule has 7 aromatic rings. The molecule has 0 saturated heterocycles. The van der Waals surface area contributed by atoms with Crippen LogP contribution in [0.3, 0.4) is 0 Å². The second-order valence-corrected chi connectivity index (χ2v) is 17.9. The lowest BCUT2D eigenvalue weighted by molar-refractivity contribution is -0.100. The van der Waals surface area contributed by atoms with Crippen molar-refractivity contribution in [2.24, 2.45) is 0 Å². The summed E-state index contributed by atoms with van der Waals surface area (Å²) in [5.74, 6) is -3.68. The van der Waals surface area contributed by atoms with Gasteiger partial charge in [-0.15, -0.1) is 0 Å². The third kappa shape index (κ3) is 14.5. The molecular formula is C58H55ClO9. The summed E-state index contributed by atoms with van der Waals surface area (Å²) in [5, 5.41) is 35.8. The lowest BCUT2D eigenvalue weighted by Gasteiger charge is -2.40. The number of halogens is 1. The highest BCUT2D eigenvalue weighted by molar-refractivity contribution is 6.33. The third-order valence-corrected chi connectivity index (χ3v) is 11.2. The first kappa shape index (κ1) is 51.4. The van der Waals surface area contributed by atoms with Crippen LogP contribution in [0, 0.1) is 20.8 Å². The largest absolute Gasteiger partial charge is 0.478 e. The fourth-order valence-corrected chi connectivity index (χ4v) is 8.15. The Morgan fingerprint density at radius 1 is 0.471 bits per heavy atom. The van der Waals surface area contributed by atoms with E-state index >= 15 is 0 Å². The van der Waals surface area contributed by atoms with Gasteiger partial charge in [0.1, 0.15) is 0 Å². The van der Waals surface area contributed by atoms with Crippen molar-refractivity contribution in [3.05, 3.63) is 219 Å². The summed E-state index contributed by atoms with van der Waals surface area (Å²) in [7, 11) is 0. The Labute approximate surface area is 402 Å². The summed E-state index contributed by atoms with van der Waals surface area (Å²) in [5.41, 5.74) is 12.3. The van der Waals surface area contributed by atoms with Crippen LogP contribution in [0.2, 0.25) is 5.02 Å². The lowest BCUT2D eigenvalue weighted by atomic mass is 9.86. The highest BCUT2D eigenvalue weighted by Crippen LogP contribution is 2.38. The molecule has 0 aliphatic carbocycles. The number of hydrogen-bond acceptors (Lipinski definition) is 5. The summed E-state index contributed by atoms with van der Waals surface area (Å²) in [6.07, 6.45) is 2.94. The van der Waals surface area contributed by atoms with E-state index in [4.69, 9.17) is 36.8 Å². The Hall–Kier alpha value is -7.59. The minimum atomic E-state index is -1.01. The van der Waals surface area contributed by atoms with Crippen molar-refractivity contribution in [3.63, 3.8) is 0 Å². The SMILES string of the molecule is CC1(C)C=C(c2ccc(C(=O)O)cc2)CC(C)(C)O1.Cc1cc(C(=O)O)ccc1-c1ccccc1.Cc1cccc(-c2ccc(C(=O)O)cc2C)c1.O=C(O)c1ccc(-c2ccccc2)cc1Cl. The molecule has 1 heterocycles. The second-order valence-electron chi connectivity index (χ2n) is 17.5. The molecule has 4 N–H and O–H groups in total. The summed E-state index contributed by atoms with van der Waals surface area (Å²) in [4.78, 5) is 43.3. The van der Waals surface area contributed by atoms with Gasteiger partial charge in [0, 0.05) is 6.42 Å². The van der Waals surface area contributed by atoms with Crippen LogP contribution in [0.5, 0.6) is 0 Å². The number of benzene rings is 7. The first-order valence-corrected chi connectivity index (χ1v) is 22.1. The maximum absolute atomic E-state index is 10.9. The van der Waals surface area contributed by atoms with Crippen LogP contribution >= 0.6 is 11.6 Å². The molecule has 1 aliphatic rings. The van der Waals surface area contributed by atoms with E-state index in [0.717, 1.165) is 56.5 Å². The van der Waals surface area contributed by atoms with Gasteiger partial charge in [0.25, 0.3) is 0 Å². The van der Waals surface area contributed by atoms with Crippen LogP contribution in [-0.4, -0.2) is 55.5 Å². The summed E-state index contributed by atoms with van der Waals surface area (Å²) in [6.45, 7) is 14.1. The molecule has 68 heavy (non-hydrogen) atoms. The predicted molar refractivity (Wildman–Crippen MR) is 271 cm³/mol. The molecule has 0 fully saturated rings. The number of hydrogen-bond donors (Lipinski definition) is 4. The van der Waals surface area contributed by atoms with Crippen molar-refractivity contribution in [1.82, 2.24) is 0 Å². The summed E-state index contributed by atoms with van der Waals surface area (Å²) in [6, 6.07) is 50.2. The molecule has 0 unspecified atom stereocenters. The maximum Gasteiger partial charge on any atom is 0.337 e. The molecule has 10 heteroatoms. The Bertz CT molecular complexity index is 2940. The molecule has 0 amide bonds. The van der Waals surface area contributed by atoms with E-state index in [2.05, 4.69) is 26.0 Å². The van der Waals surface area contributed by atoms with Crippen LogP contribution in [0.25, 0.3) is 39.0 Å². The van der Waals surface area contributed by atoms with E-state index in [1.807, 2.05) is 138 Å². The first-order valence-electron chi connectivity index (χ1n) is 21.8. The second kappa shape index (κ2) is 22.7. The van der Waals surface area contributed by atoms with E-state index in [-0.39, 0.29) is 21.8 Å². The fourth-order valence-electron chi connectivity index (χ4n) is 7.89. The average Bonchev–Trinajstić information content (AvgIpc) is 3.29. The van der Waals surface area contributed by atoms with E-state index in [0.29, 0.717) is 16.7 Å². The van der Waals surface area contributed by atoms with Gasteiger partial charge >= 0.3 is 23.9 Å². The first-order chi connectivity index (χ1) is 32.1. The Morgan fingerprint density at radius 3 is 1.40 bits per heavy atom. The number of ether oxygens (including phenoxy) is 1. The molecule has 1 aliphatic heterocycles. The van der Waals surface area contributed by atoms with Crippen LogP contribution in [0.15, 0.2) is 170 Å². The summed E-state index contributed by atoms with van der Waals surface area (Å²) < 4.78 is 6.00. The van der Waals surface area contributed by atoms with Gasteiger partial charge in [-0.1, -0.05) is 132 Å². The van der Waals surface area contributed by atoms with Crippen molar-refractivity contribution in [1.29, 1.82) is 0 Å². The van der Waals surface area contributed by atoms with Gasteiger partial charge in [-0.05, 0) is 159 Å². The molecule has 0 bridgehead atoms. The van der Waals surface area contributed by atoms with E-state index in [1.165, 1.54) is 17.2 Å². The van der Waals surface area contributed by atoms with E-state index in [1.54, 1.807) is 48.5 Å². The summed E-state index contributed by atoms with van der Waals surface area (Å²) >= 11 is 5.89. The highest BCUT2D eigenvalue weighted by atomic mass is 35.5. The lowest BCUT2D eigenvalue weighted by Crippen LogP contribution is -2.39. The van der Waals surface area contributed by atoms with Gasteiger partial charge in [0.15, 0.2) is 0 Å². The topological polar surface area (TPSA) is 158 Å². The monoisotopic (exact) mass is 930 g/mol. The van der Waals surface area contributed by atoms with Crippen LogP contribution < -0.4 is 0 Å². The van der Waals surface area contributed by atoms with Gasteiger partial charge in [-0.3, -0.25) is 0 Å². The molecule has 0 radical (unpaired) electrons. The zero-order valence-corrected chi connectivity index (χ0v) is 39.8. The van der Waals surface area contributed by atoms with E-state index < -0.39 is 23.9 Å². The van der Waals surface area contributed by atoms with Crippen molar-refractivity contribution >= 4 is 41.1 Å². The Morgan fingerprint density at radius 2 is 0.941 bits per heavy atom. The Balaban J connectivity index is 0.000000170. The van der Waals surface area contributed by atoms with Crippen LogP contribution in [-0.2, 0) is 4.74 Å². The molecule has 8 rings (SSSR count). The smallest absolute Gasteiger partial charge is 0.337 e. The minimum absolute atomic E-state index is 0.126. The van der Waals surface area contributed by atoms with Crippen molar-refractivity contribution in [2.45, 2.75) is 66.1 Å². The average molecular weight is 932 g/mol. The molecule has 0 aromatic heterocycles. The zero-order valence-electron chi connectivity index (χ0n) is 39.1. The number of rotatable bonds is 8. The quantitative estimate of drug-likeness (QED) is 0.116. The van der Waals surface area contributed by atoms with Gasteiger partial charge in [-0.2, -0.15) is 0 Å². The Kier molecular flexibility index (Phi) is 17.2. The molecule has 0 spiro atoms. The number of carbonyl (C=O) groups is 4. The normalized spacial score (nSPS) is 13.1. The molecule has 348 valence electrons. The van der Waals surface area contributed by atoms with Gasteiger partial charge in [-0.25, -0.2) is 19.2 Å². The fraction of sp³-hybridized carbons (Fsp3) is 0.172. The molecule has 0 saturated carbocycles. The molecule has 0 atom stereocenters. The van der Waals surface area contributed by atoms with Gasteiger partial charge < -0.3 is 25.2 Å². The zero-order chi connectivity index (χ0) is 49.8. The number of carboxylic acids is 4. The van der Waals surface area contributed by atoms with Gasteiger partial charge in [0.05, 0.1) is 38.5 Å². The number of aryl methyl sites for hydroxylation is 3. The molecular weight excluding hydrogens is 876 g/mol. The molecule has 7 aromatic carbocycles. The van der Waals surface area contributed by atoms with Crippen molar-refractivity contribution < 1.29 is 44.3 Å². The predicted octanol–water partition coefficient (Wildman–Crippen LogP) is 14.5. The third-order valence-electron chi connectivity index (χ3n) is 10.8. The minimum Gasteiger partial charge on any atom is -0.478 e. The van der Waals surface area contributed by atoms with Crippen LogP contribution in [0.4, 0.5) is 0 Å². The molecule has 9 nitrogen and oxygen atoms in total. The number of aromatic carboxylic acids is 4. The van der Waals surface area contributed by atoms with Crippen molar-refractivity contribution in [2.75, 3.05) is 0 Å².